The predicted octanol–water partition coefficient (Wildman–Crippen LogP) is 2.21. The Morgan fingerprint density at radius 3 is 2.75 bits per heavy atom. The Labute approximate surface area is 122 Å². The third-order valence-corrected chi connectivity index (χ3v) is 5.99. The van der Waals surface area contributed by atoms with Crippen LogP contribution in [0.5, 0.6) is 0 Å². The summed E-state index contributed by atoms with van der Waals surface area (Å²) >= 11 is 1.25. The molecule has 0 saturated carbocycles. The van der Waals surface area contributed by atoms with Gasteiger partial charge in [-0.3, -0.25) is 0 Å². The van der Waals surface area contributed by atoms with Crippen LogP contribution >= 0.6 is 11.3 Å². The number of aryl methyl sites for hydroxylation is 2. The summed E-state index contributed by atoms with van der Waals surface area (Å²) in [5.74, 6) is 0.924. The van der Waals surface area contributed by atoms with Crippen LogP contribution < -0.4 is 0 Å². The molecule has 0 fully saturated rings. The molecule has 6 nitrogen and oxygen atoms in total. The lowest BCUT2D eigenvalue weighted by Gasteiger charge is -2.13. The molecule has 2 heterocycles. The van der Waals surface area contributed by atoms with Gasteiger partial charge in [0.1, 0.15) is 4.21 Å². The van der Waals surface area contributed by atoms with Crippen molar-refractivity contribution in [2.24, 2.45) is 0 Å². The van der Waals surface area contributed by atoms with Crippen molar-refractivity contribution in [3.05, 3.63) is 28.7 Å². The Hall–Kier alpha value is -1.25. The fraction of sp³-hybridized carbons (Fsp3) is 0.500. The van der Waals surface area contributed by atoms with Gasteiger partial charge in [-0.2, -0.15) is 9.29 Å². The molecule has 2 aromatic heterocycles. The van der Waals surface area contributed by atoms with Gasteiger partial charge >= 0.3 is 0 Å². The van der Waals surface area contributed by atoms with E-state index < -0.39 is 10.0 Å². The fourth-order valence-corrected chi connectivity index (χ4v) is 4.28. The number of thiophene rings is 1. The number of aromatic nitrogens is 2. The van der Waals surface area contributed by atoms with E-state index in [-0.39, 0.29) is 6.54 Å². The zero-order chi connectivity index (χ0) is 14.8. The van der Waals surface area contributed by atoms with E-state index >= 15 is 0 Å². The third kappa shape index (κ3) is 3.25. The highest BCUT2D eigenvalue weighted by molar-refractivity contribution is 7.91. The van der Waals surface area contributed by atoms with E-state index in [9.17, 15) is 8.42 Å². The quantitative estimate of drug-likeness (QED) is 0.817. The second-order valence-corrected chi connectivity index (χ2v) is 8.04. The SMILES string of the molecule is CCCc1nc(CN(C)S(=O)(=O)c2ccc(C)s2)no1. The maximum absolute atomic E-state index is 12.3. The molecule has 0 atom stereocenters. The van der Waals surface area contributed by atoms with Gasteiger partial charge in [-0.15, -0.1) is 11.3 Å². The molecule has 8 heteroatoms. The maximum Gasteiger partial charge on any atom is 0.252 e. The molecule has 2 rings (SSSR count). The number of nitrogens with zero attached hydrogens (tertiary/aromatic N) is 3. The first kappa shape index (κ1) is 15.1. The van der Waals surface area contributed by atoms with Gasteiger partial charge in [-0.05, 0) is 25.5 Å². The van der Waals surface area contributed by atoms with Crippen molar-refractivity contribution in [3.8, 4) is 0 Å². The van der Waals surface area contributed by atoms with Gasteiger partial charge in [-0.25, -0.2) is 8.42 Å². The highest BCUT2D eigenvalue weighted by Crippen LogP contribution is 2.24. The molecule has 0 aromatic carbocycles. The van der Waals surface area contributed by atoms with E-state index in [0.717, 1.165) is 11.3 Å². The average Bonchev–Trinajstić information content (AvgIpc) is 2.99. The molecule has 20 heavy (non-hydrogen) atoms. The molecule has 0 unspecified atom stereocenters. The normalized spacial score (nSPS) is 12.2. The summed E-state index contributed by atoms with van der Waals surface area (Å²) in [6, 6.07) is 3.41. The largest absolute Gasteiger partial charge is 0.339 e. The highest BCUT2D eigenvalue weighted by atomic mass is 32.2. The summed E-state index contributed by atoms with van der Waals surface area (Å²) in [5.41, 5.74) is 0. The van der Waals surface area contributed by atoms with Gasteiger partial charge in [0.15, 0.2) is 5.82 Å². The standard InChI is InChI=1S/C12H17N3O3S2/c1-4-5-11-13-10(14-18-11)8-15(3)20(16,17)12-7-6-9(2)19-12/h6-7H,4-5,8H2,1-3H3. The topological polar surface area (TPSA) is 76.3 Å². The van der Waals surface area contributed by atoms with Crippen molar-refractivity contribution in [3.63, 3.8) is 0 Å². The number of hydrogen-bond donors (Lipinski definition) is 0. The molecule has 0 aliphatic rings. The van der Waals surface area contributed by atoms with E-state index in [1.54, 1.807) is 12.1 Å². The van der Waals surface area contributed by atoms with Crippen molar-refractivity contribution in [2.75, 3.05) is 7.05 Å². The van der Waals surface area contributed by atoms with Crippen molar-refractivity contribution in [1.82, 2.24) is 14.4 Å². The first-order chi connectivity index (χ1) is 9.43. The molecule has 0 aliphatic heterocycles. The van der Waals surface area contributed by atoms with Crippen LogP contribution in [0.25, 0.3) is 0 Å². The second-order valence-electron chi connectivity index (χ2n) is 4.48. The Morgan fingerprint density at radius 1 is 1.40 bits per heavy atom. The van der Waals surface area contributed by atoms with Crippen molar-refractivity contribution < 1.29 is 12.9 Å². The summed E-state index contributed by atoms with van der Waals surface area (Å²) < 4.78 is 31.3. The first-order valence-electron chi connectivity index (χ1n) is 6.27. The molecule has 0 N–H and O–H groups in total. The summed E-state index contributed by atoms with van der Waals surface area (Å²) in [6.07, 6.45) is 1.61. The van der Waals surface area contributed by atoms with E-state index in [0.29, 0.717) is 22.3 Å². The van der Waals surface area contributed by atoms with Gasteiger partial charge in [0.2, 0.25) is 5.89 Å². The lowest BCUT2D eigenvalue weighted by Crippen LogP contribution is -2.26. The molecule has 0 spiro atoms. The summed E-state index contributed by atoms with van der Waals surface area (Å²) in [7, 11) is -1.98. The van der Waals surface area contributed by atoms with Crippen LogP contribution in [0.4, 0.5) is 0 Å². The van der Waals surface area contributed by atoms with Crippen molar-refractivity contribution >= 4 is 21.4 Å². The molecule has 2 aromatic rings. The van der Waals surface area contributed by atoms with Crippen LogP contribution in [0.2, 0.25) is 0 Å². The Balaban J connectivity index is 2.12. The second kappa shape index (κ2) is 6.02. The zero-order valence-corrected chi connectivity index (χ0v) is 13.3. The Kier molecular flexibility index (Phi) is 4.56. The fourth-order valence-electron chi connectivity index (χ4n) is 1.66. The third-order valence-electron chi connectivity index (χ3n) is 2.72. The lowest BCUT2D eigenvalue weighted by atomic mass is 10.3. The minimum absolute atomic E-state index is 0.104. The van der Waals surface area contributed by atoms with Crippen molar-refractivity contribution in [1.29, 1.82) is 0 Å². The molecular formula is C12H17N3O3S2. The van der Waals surface area contributed by atoms with E-state index in [2.05, 4.69) is 10.1 Å². The molecule has 110 valence electrons. The van der Waals surface area contributed by atoms with Crippen molar-refractivity contribution in [2.45, 2.75) is 37.4 Å². The average molecular weight is 315 g/mol. The van der Waals surface area contributed by atoms with Crippen LogP contribution in [-0.4, -0.2) is 29.9 Å². The summed E-state index contributed by atoms with van der Waals surface area (Å²) in [5, 5.41) is 3.80. The van der Waals surface area contributed by atoms with E-state index in [1.165, 1.54) is 22.7 Å². The zero-order valence-electron chi connectivity index (χ0n) is 11.7. The molecule has 0 aliphatic carbocycles. The van der Waals surface area contributed by atoms with E-state index in [1.807, 2.05) is 13.8 Å². The Morgan fingerprint density at radius 2 is 2.15 bits per heavy atom. The van der Waals surface area contributed by atoms with Crippen LogP contribution in [0, 0.1) is 6.92 Å². The van der Waals surface area contributed by atoms with Gasteiger partial charge in [0, 0.05) is 18.3 Å². The smallest absolute Gasteiger partial charge is 0.252 e. The summed E-state index contributed by atoms with van der Waals surface area (Å²) in [4.78, 5) is 5.13. The predicted molar refractivity (Wildman–Crippen MR) is 76.0 cm³/mol. The van der Waals surface area contributed by atoms with E-state index in [4.69, 9.17) is 4.52 Å². The molecule has 0 amide bonds. The number of rotatable bonds is 6. The van der Waals surface area contributed by atoms with Crippen LogP contribution in [-0.2, 0) is 23.0 Å². The minimum Gasteiger partial charge on any atom is -0.339 e. The minimum atomic E-state index is -3.49. The summed E-state index contributed by atoms with van der Waals surface area (Å²) in [6.45, 7) is 3.99. The first-order valence-corrected chi connectivity index (χ1v) is 8.53. The number of hydrogen-bond acceptors (Lipinski definition) is 6. The van der Waals surface area contributed by atoms with Gasteiger partial charge in [0.05, 0.1) is 6.54 Å². The van der Waals surface area contributed by atoms with Gasteiger partial charge in [-0.1, -0.05) is 12.1 Å². The lowest BCUT2D eigenvalue weighted by molar-refractivity contribution is 0.364. The monoisotopic (exact) mass is 315 g/mol. The Bertz CT molecular complexity index is 676. The highest BCUT2D eigenvalue weighted by Gasteiger charge is 2.24. The molecule has 0 radical (unpaired) electrons. The van der Waals surface area contributed by atoms with Crippen LogP contribution in [0.15, 0.2) is 20.9 Å². The maximum atomic E-state index is 12.3. The molecule has 0 bridgehead atoms. The molecule has 0 saturated heterocycles. The van der Waals surface area contributed by atoms with Gasteiger partial charge < -0.3 is 4.52 Å². The molecular weight excluding hydrogens is 298 g/mol. The van der Waals surface area contributed by atoms with Gasteiger partial charge in [0.25, 0.3) is 10.0 Å². The van der Waals surface area contributed by atoms with Crippen LogP contribution in [0.3, 0.4) is 0 Å². The number of sulfonamides is 1. The van der Waals surface area contributed by atoms with Crippen LogP contribution in [0.1, 0.15) is 29.9 Å².